The predicted octanol–water partition coefficient (Wildman–Crippen LogP) is -1.59. The number of alkyl halides is 2. The Kier molecular flexibility index (Phi) is 4.47. The topological polar surface area (TPSA) is 125 Å². The Morgan fingerprint density at radius 2 is 1.88 bits per heavy atom. The number of aliphatic hydroxyl groups excluding tert-OH is 2. The van der Waals surface area contributed by atoms with E-state index in [0.29, 0.717) is 0 Å². The number of halogens is 2. The van der Waals surface area contributed by atoms with Gasteiger partial charge < -0.3 is 19.8 Å². The van der Waals surface area contributed by atoms with Crippen molar-refractivity contribution in [2.75, 3.05) is 13.1 Å². The minimum absolute atomic E-state index is 0.197. The van der Waals surface area contributed by atoms with E-state index in [0.717, 1.165) is 21.7 Å². The van der Waals surface area contributed by atoms with E-state index < -0.39 is 60.5 Å². The lowest BCUT2D eigenvalue weighted by molar-refractivity contribution is -0.154. The van der Waals surface area contributed by atoms with Gasteiger partial charge in [0.1, 0.15) is 12.2 Å². The molecule has 1 amide bonds. The average Bonchev–Trinajstić information content (AvgIpc) is 2.83. The van der Waals surface area contributed by atoms with Crippen molar-refractivity contribution < 1.29 is 28.5 Å². The number of aliphatic hydroxyl groups is 2. The number of hydrogen-bond donors (Lipinski definition) is 3. The summed E-state index contributed by atoms with van der Waals surface area (Å²) in [7, 11) is 0. The maximum Gasteiger partial charge on any atom is 0.330 e. The molecule has 3 heterocycles. The number of likely N-dealkylation sites (tertiary alicyclic amines) is 1. The van der Waals surface area contributed by atoms with E-state index in [4.69, 9.17) is 4.74 Å². The molecule has 0 unspecified atom stereocenters. The Morgan fingerprint density at radius 3 is 2.48 bits per heavy atom. The quantitative estimate of drug-likeness (QED) is 0.584. The van der Waals surface area contributed by atoms with Gasteiger partial charge in [-0.15, -0.1) is 0 Å². The van der Waals surface area contributed by atoms with Crippen LogP contribution in [-0.2, 0) is 9.53 Å². The molecular formula is C14H17F2N3O6. The summed E-state index contributed by atoms with van der Waals surface area (Å²) < 4.78 is 32.5. The number of ether oxygens (including phenoxy) is 1. The number of nitrogens with one attached hydrogen (secondary N) is 1. The Bertz CT molecular complexity index is 768. The molecule has 3 rings (SSSR count). The van der Waals surface area contributed by atoms with Crippen molar-refractivity contribution >= 4 is 5.91 Å². The SMILES string of the molecule is O=C([C@H]1O[C@@H](n2ccc(=O)[nH]c2=O)[C@H](O)[C@@H]1O)N1CCC(F)(F)CC1. The van der Waals surface area contributed by atoms with Crippen molar-refractivity contribution in [2.24, 2.45) is 0 Å². The molecule has 0 aliphatic carbocycles. The highest BCUT2D eigenvalue weighted by atomic mass is 19.3. The van der Waals surface area contributed by atoms with Gasteiger partial charge in [-0.25, -0.2) is 13.6 Å². The van der Waals surface area contributed by atoms with Gasteiger partial charge in [-0.2, -0.15) is 0 Å². The molecule has 25 heavy (non-hydrogen) atoms. The minimum atomic E-state index is -2.84. The average molecular weight is 361 g/mol. The molecule has 1 aromatic rings. The van der Waals surface area contributed by atoms with Gasteiger partial charge in [-0.3, -0.25) is 19.1 Å². The van der Waals surface area contributed by atoms with Crippen LogP contribution in [0, 0.1) is 0 Å². The number of rotatable bonds is 2. The number of aromatic nitrogens is 2. The maximum atomic E-state index is 13.2. The van der Waals surface area contributed by atoms with E-state index in [1.807, 2.05) is 4.98 Å². The zero-order valence-corrected chi connectivity index (χ0v) is 13.0. The van der Waals surface area contributed by atoms with Crippen LogP contribution in [0.5, 0.6) is 0 Å². The molecule has 9 nitrogen and oxygen atoms in total. The summed E-state index contributed by atoms with van der Waals surface area (Å²) >= 11 is 0. The fraction of sp³-hybridized carbons (Fsp3) is 0.643. The molecule has 4 atom stereocenters. The lowest BCUT2D eigenvalue weighted by atomic mass is 10.0. The molecule has 3 N–H and O–H groups in total. The second kappa shape index (κ2) is 6.32. The lowest BCUT2D eigenvalue weighted by Gasteiger charge is -2.33. The number of carbonyl (C=O) groups excluding carboxylic acids is 1. The summed E-state index contributed by atoms with van der Waals surface area (Å²) in [5.41, 5.74) is -1.54. The molecule has 0 spiro atoms. The van der Waals surface area contributed by atoms with Crippen LogP contribution in [-0.4, -0.2) is 67.9 Å². The molecular weight excluding hydrogens is 344 g/mol. The molecule has 138 valence electrons. The smallest absolute Gasteiger partial charge is 0.330 e. The standard InChI is InChI=1S/C14H17F2N3O6/c15-14(16)2-5-18(6-3-14)11(23)10-8(21)9(22)12(25-10)19-4-1-7(20)17-13(19)24/h1,4,8-10,12,21-22H,2-3,5-6H2,(H,17,20,24)/t8-,9+,10-,12+/m0/s1. The summed E-state index contributed by atoms with van der Waals surface area (Å²) in [6.07, 6.45) is -6.05. The molecule has 0 radical (unpaired) electrons. The molecule has 0 saturated carbocycles. The van der Waals surface area contributed by atoms with E-state index in [1.165, 1.54) is 0 Å². The van der Waals surface area contributed by atoms with Crippen LogP contribution in [0.25, 0.3) is 0 Å². The number of piperidine rings is 1. The van der Waals surface area contributed by atoms with Crippen molar-refractivity contribution in [3.63, 3.8) is 0 Å². The molecule has 0 bridgehead atoms. The predicted molar refractivity (Wildman–Crippen MR) is 78.0 cm³/mol. The zero-order valence-electron chi connectivity index (χ0n) is 13.0. The van der Waals surface area contributed by atoms with Crippen LogP contribution in [0.15, 0.2) is 21.9 Å². The number of amides is 1. The maximum absolute atomic E-state index is 13.2. The number of aromatic amines is 1. The van der Waals surface area contributed by atoms with Gasteiger partial charge >= 0.3 is 5.69 Å². The van der Waals surface area contributed by atoms with Crippen LogP contribution in [0.4, 0.5) is 8.78 Å². The van der Waals surface area contributed by atoms with Crippen LogP contribution in [0.2, 0.25) is 0 Å². The normalized spacial score (nSPS) is 31.9. The van der Waals surface area contributed by atoms with Gasteiger partial charge in [0.25, 0.3) is 17.4 Å². The molecule has 0 aromatic carbocycles. The monoisotopic (exact) mass is 361 g/mol. The summed E-state index contributed by atoms with van der Waals surface area (Å²) in [4.78, 5) is 38.4. The third kappa shape index (κ3) is 3.34. The van der Waals surface area contributed by atoms with Crippen LogP contribution in [0.3, 0.4) is 0 Å². The minimum Gasteiger partial charge on any atom is -0.387 e. The number of nitrogens with zero attached hydrogens (tertiary/aromatic N) is 2. The molecule has 11 heteroatoms. The van der Waals surface area contributed by atoms with Crippen molar-refractivity contribution in [2.45, 2.75) is 43.3 Å². The van der Waals surface area contributed by atoms with Gasteiger partial charge in [-0.05, 0) is 0 Å². The summed E-state index contributed by atoms with van der Waals surface area (Å²) in [6, 6.07) is 1.02. The fourth-order valence-corrected chi connectivity index (χ4v) is 2.96. The van der Waals surface area contributed by atoms with Crippen molar-refractivity contribution in [1.29, 1.82) is 0 Å². The summed E-state index contributed by atoms with van der Waals surface area (Å²) in [5, 5.41) is 20.2. The Hall–Kier alpha value is -2.11. The van der Waals surface area contributed by atoms with E-state index in [1.54, 1.807) is 0 Å². The van der Waals surface area contributed by atoms with E-state index in [2.05, 4.69) is 0 Å². The molecule has 2 aliphatic heterocycles. The Morgan fingerprint density at radius 1 is 1.24 bits per heavy atom. The largest absolute Gasteiger partial charge is 0.387 e. The van der Waals surface area contributed by atoms with Gasteiger partial charge in [0.15, 0.2) is 12.3 Å². The highest BCUT2D eigenvalue weighted by Crippen LogP contribution is 2.32. The molecule has 2 aliphatic rings. The Balaban J connectivity index is 1.77. The number of H-pyrrole nitrogens is 1. The third-order valence-corrected chi connectivity index (χ3v) is 4.41. The lowest BCUT2D eigenvalue weighted by Crippen LogP contribution is -2.49. The van der Waals surface area contributed by atoms with Crippen molar-refractivity contribution in [3.8, 4) is 0 Å². The summed E-state index contributed by atoms with van der Waals surface area (Å²) in [6.45, 7) is -0.393. The van der Waals surface area contributed by atoms with Crippen LogP contribution < -0.4 is 11.2 Å². The van der Waals surface area contributed by atoms with E-state index >= 15 is 0 Å². The third-order valence-electron chi connectivity index (χ3n) is 4.41. The first-order valence-corrected chi connectivity index (χ1v) is 7.69. The van der Waals surface area contributed by atoms with Gasteiger partial charge in [-0.1, -0.05) is 0 Å². The summed E-state index contributed by atoms with van der Waals surface area (Å²) in [5.74, 6) is -3.57. The van der Waals surface area contributed by atoms with Gasteiger partial charge in [0.05, 0.1) is 0 Å². The van der Waals surface area contributed by atoms with E-state index in [9.17, 15) is 33.4 Å². The van der Waals surface area contributed by atoms with Gasteiger partial charge in [0.2, 0.25) is 0 Å². The molecule has 1 aromatic heterocycles. The van der Waals surface area contributed by atoms with Crippen molar-refractivity contribution in [1.82, 2.24) is 14.5 Å². The second-order valence-corrected chi connectivity index (χ2v) is 6.13. The fourth-order valence-electron chi connectivity index (χ4n) is 2.96. The molecule has 2 fully saturated rings. The first-order chi connectivity index (χ1) is 11.7. The zero-order chi connectivity index (χ0) is 18.4. The highest BCUT2D eigenvalue weighted by Gasteiger charge is 2.49. The first-order valence-electron chi connectivity index (χ1n) is 7.69. The second-order valence-electron chi connectivity index (χ2n) is 6.13. The van der Waals surface area contributed by atoms with Crippen molar-refractivity contribution in [3.05, 3.63) is 33.1 Å². The van der Waals surface area contributed by atoms with E-state index in [-0.39, 0.29) is 13.1 Å². The number of hydrogen-bond acceptors (Lipinski definition) is 6. The molecule has 2 saturated heterocycles. The van der Waals surface area contributed by atoms with Crippen LogP contribution >= 0.6 is 0 Å². The number of carbonyl (C=O) groups is 1. The Labute approximate surface area is 139 Å². The first kappa shape index (κ1) is 17.7. The van der Waals surface area contributed by atoms with Gasteiger partial charge in [0, 0.05) is 38.2 Å². The van der Waals surface area contributed by atoms with Crippen LogP contribution in [0.1, 0.15) is 19.1 Å². The highest BCUT2D eigenvalue weighted by molar-refractivity contribution is 5.82.